The summed E-state index contributed by atoms with van der Waals surface area (Å²) in [7, 11) is 0. The lowest BCUT2D eigenvalue weighted by atomic mass is 10.1. The average molecular weight is 270 g/mol. The van der Waals surface area contributed by atoms with Crippen LogP contribution < -0.4 is 10.1 Å². The zero-order valence-electron chi connectivity index (χ0n) is 12.4. The van der Waals surface area contributed by atoms with Crippen LogP contribution in [0.2, 0.25) is 0 Å². The lowest BCUT2D eigenvalue weighted by Crippen LogP contribution is -2.22. The van der Waals surface area contributed by atoms with Crippen molar-refractivity contribution in [3.8, 4) is 5.88 Å². The number of pyridine rings is 1. The molecule has 0 fully saturated rings. The second-order valence-electron chi connectivity index (χ2n) is 5.05. The maximum atomic E-state index is 5.72. The number of fused-ring (bicyclic) bond motifs is 1. The van der Waals surface area contributed by atoms with Gasteiger partial charge in [-0.2, -0.15) is 0 Å². The minimum atomic E-state index is 0.458. The van der Waals surface area contributed by atoms with E-state index in [1.165, 1.54) is 10.9 Å². The normalized spacial score (nSPS) is 11.6. The molecule has 0 spiro atoms. The molecule has 0 aliphatic rings. The fraction of sp³-hybridized carbons (Fsp3) is 0.353. The second kappa shape index (κ2) is 7.06. The molecule has 0 saturated heterocycles. The van der Waals surface area contributed by atoms with Gasteiger partial charge in [0.25, 0.3) is 0 Å². The van der Waals surface area contributed by atoms with Crippen molar-refractivity contribution in [3.05, 3.63) is 48.2 Å². The summed E-state index contributed by atoms with van der Waals surface area (Å²) in [5.74, 6) is 0.701. The van der Waals surface area contributed by atoms with E-state index in [4.69, 9.17) is 4.74 Å². The molecule has 0 atom stereocenters. The Bertz CT molecular complexity index is 591. The Morgan fingerprint density at radius 3 is 2.70 bits per heavy atom. The van der Waals surface area contributed by atoms with E-state index in [9.17, 15) is 0 Å². The molecular weight excluding hydrogens is 248 g/mol. The van der Waals surface area contributed by atoms with Crippen LogP contribution in [0.25, 0.3) is 10.8 Å². The third-order valence-corrected chi connectivity index (χ3v) is 3.09. The van der Waals surface area contributed by atoms with Crippen LogP contribution in [0.15, 0.2) is 42.6 Å². The van der Waals surface area contributed by atoms with E-state index in [1.807, 2.05) is 31.3 Å². The Morgan fingerprint density at radius 1 is 1.25 bits per heavy atom. The lowest BCUT2D eigenvalue weighted by Gasteiger charge is -2.12. The first-order valence-electron chi connectivity index (χ1n) is 7.06. The van der Waals surface area contributed by atoms with Gasteiger partial charge in [-0.3, -0.25) is 0 Å². The van der Waals surface area contributed by atoms with E-state index in [0.29, 0.717) is 18.5 Å². The van der Waals surface area contributed by atoms with Crippen molar-refractivity contribution in [3.63, 3.8) is 0 Å². The number of nitrogens with one attached hydrogen (secondary N) is 1. The highest BCUT2D eigenvalue weighted by Crippen LogP contribution is 2.26. The lowest BCUT2D eigenvalue weighted by molar-refractivity contribution is 0.353. The molecule has 0 amide bonds. The van der Waals surface area contributed by atoms with E-state index in [0.717, 1.165) is 11.9 Å². The van der Waals surface area contributed by atoms with E-state index in [2.05, 4.69) is 42.3 Å². The maximum absolute atomic E-state index is 5.72. The quantitative estimate of drug-likeness (QED) is 0.813. The number of hydrogen-bond acceptors (Lipinski definition) is 3. The molecular formula is C17H22N2O. The van der Waals surface area contributed by atoms with Crippen LogP contribution in [0.4, 0.5) is 0 Å². The monoisotopic (exact) mass is 270 g/mol. The molecule has 3 nitrogen and oxygen atoms in total. The molecule has 20 heavy (non-hydrogen) atoms. The standard InChI is InChI=1S/C17H22N2O/c1-4-5-10-20-17-16-9-7-6-8-15(16)14(12-19-17)11-18-13(2)3/h4-9,12-13,18H,10-11H2,1-3H3/b5-4+. The zero-order chi connectivity index (χ0) is 14.4. The molecule has 1 aromatic heterocycles. The van der Waals surface area contributed by atoms with Crippen molar-refractivity contribution in [2.45, 2.75) is 33.4 Å². The third kappa shape index (κ3) is 3.58. The fourth-order valence-corrected chi connectivity index (χ4v) is 2.02. The molecule has 0 unspecified atom stereocenters. The highest BCUT2D eigenvalue weighted by molar-refractivity contribution is 5.89. The second-order valence-corrected chi connectivity index (χ2v) is 5.05. The Morgan fingerprint density at radius 2 is 2.00 bits per heavy atom. The Balaban J connectivity index is 2.31. The van der Waals surface area contributed by atoms with Crippen molar-refractivity contribution in [1.82, 2.24) is 10.3 Å². The van der Waals surface area contributed by atoms with Crippen molar-refractivity contribution < 1.29 is 4.74 Å². The summed E-state index contributed by atoms with van der Waals surface area (Å²) in [5, 5.41) is 5.70. The number of aromatic nitrogens is 1. The Labute approximate surface area is 120 Å². The first-order valence-corrected chi connectivity index (χ1v) is 7.06. The van der Waals surface area contributed by atoms with Crippen LogP contribution in [0, 0.1) is 0 Å². The van der Waals surface area contributed by atoms with Gasteiger partial charge in [0.05, 0.1) is 0 Å². The molecule has 0 aliphatic carbocycles. The van der Waals surface area contributed by atoms with Crippen molar-refractivity contribution in [2.75, 3.05) is 6.61 Å². The molecule has 2 rings (SSSR count). The zero-order valence-corrected chi connectivity index (χ0v) is 12.4. The maximum Gasteiger partial charge on any atom is 0.221 e. The Kier molecular flexibility index (Phi) is 5.13. The summed E-state index contributed by atoms with van der Waals surface area (Å²) in [5.41, 5.74) is 1.20. The predicted molar refractivity (Wildman–Crippen MR) is 84.0 cm³/mol. The Hall–Kier alpha value is -1.87. The molecule has 1 heterocycles. The largest absolute Gasteiger partial charge is 0.473 e. The minimum Gasteiger partial charge on any atom is -0.473 e. The minimum absolute atomic E-state index is 0.458. The number of benzene rings is 1. The summed E-state index contributed by atoms with van der Waals surface area (Å²) in [6.07, 6.45) is 5.86. The average Bonchev–Trinajstić information content (AvgIpc) is 2.46. The van der Waals surface area contributed by atoms with Crippen LogP contribution in [-0.4, -0.2) is 17.6 Å². The highest BCUT2D eigenvalue weighted by atomic mass is 16.5. The number of nitrogens with zero attached hydrogens (tertiary/aromatic N) is 1. The van der Waals surface area contributed by atoms with Gasteiger partial charge in [-0.15, -0.1) is 0 Å². The number of rotatable bonds is 6. The van der Waals surface area contributed by atoms with E-state index < -0.39 is 0 Å². The number of allylic oxidation sites excluding steroid dienone is 1. The van der Waals surface area contributed by atoms with Gasteiger partial charge in [0.2, 0.25) is 5.88 Å². The first-order chi connectivity index (χ1) is 9.72. The van der Waals surface area contributed by atoms with Gasteiger partial charge in [-0.05, 0) is 23.9 Å². The van der Waals surface area contributed by atoms with Crippen LogP contribution in [-0.2, 0) is 6.54 Å². The van der Waals surface area contributed by atoms with Gasteiger partial charge in [0.1, 0.15) is 6.61 Å². The molecule has 106 valence electrons. The van der Waals surface area contributed by atoms with E-state index in [-0.39, 0.29) is 0 Å². The van der Waals surface area contributed by atoms with Gasteiger partial charge in [-0.1, -0.05) is 44.2 Å². The SMILES string of the molecule is C/C=C/COc1ncc(CNC(C)C)c2ccccc12. The molecule has 2 aromatic rings. The van der Waals surface area contributed by atoms with E-state index >= 15 is 0 Å². The van der Waals surface area contributed by atoms with Gasteiger partial charge in [-0.25, -0.2) is 4.98 Å². The number of hydrogen-bond donors (Lipinski definition) is 1. The van der Waals surface area contributed by atoms with E-state index in [1.54, 1.807) is 0 Å². The van der Waals surface area contributed by atoms with Gasteiger partial charge in [0, 0.05) is 24.2 Å². The van der Waals surface area contributed by atoms with Gasteiger partial charge in [0.15, 0.2) is 0 Å². The van der Waals surface area contributed by atoms with Gasteiger partial charge >= 0.3 is 0 Å². The third-order valence-electron chi connectivity index (χ3n) is 3.09. The predicted octanol–water partition coefficient (Wildman–Crippen LogP) is 3.69. The van der Waals surface area contributed by atoms with Crippen molar-refractivity contribution in [2.24, 2.45) is 0 Å². The highest BCUT2D eigenvalue weighted by Gasteiger charge is 2.08. The topological polar surface area (TPSA) is 34.1 Å². The number of ether oxygens (including phenoxy) is 1. The summed E-state index contributed by atoms with van der Waals surface area (Å²) < 4.78 is 5.72. The molecule has 0 radical (unpaired) electrons. The molecule has 1 aromatic carbocycles. The summed E-state index contributed by atoms with van der Waals surface area (Å²) in [4.78, 5) is 4.46. The first kappa shape index (κ1) is 14.5. The molecule has 0 saturated carbocycles. The fourth-order valence-electron chi connectivity index (χ4n) is 2.02. The summed E-state index contributed by atoms with van der Waals surface area (Å²) in [6, 6.07) is 8.71. The van der Waals surface area contributed by atoms with Crippen LogP contribution in [0.1, 0.15) is 26.3 Å². The molecule has 3 heteroatoms. The van der Waals surface area contributed by atoms with Crippen LogP contribution >= 0.6 is 0 Å². The summed E-state index contributed by atoms with van der Waals surface area (Å²) >= 11 is 0. The molecule has 1 N–H and O–H groups in total. The molecule has 0 aliphatic heterocycles. The van der Waals surface area contributed by atoms with Crippen molar-refractivity contribution in [1.29, 1.82) is 0 Å². The smallest absolute Gasteiger partial charge is 0.221 e. The summed E-state index contributed by atoms with van der Waals surface area (Å²) in [6.45, 7) is 7.64. The van der Waals surface area contributed by atoms with Crippen LogP contribution in [0.5, 0.6) is 5.88 Å². The van der Waals surface area contributed by atoms with Gasteiger partial charge < -0.3 is 10.1 Å². The van der Waals surface area contributed by atoms with Crippen molar-refractivity contribution >= 4 is 10.8 Å². The molecule has 0 bridgehead atoms. The van der Waals surface area contributed by atoms with Crippen LogP contribution in [0.3, 0.4) is 0 Å².